The van der Waals surface area contributed by atoms with Crippen LogP contribution in [-0.4, -0.2) is 34.9 Å². The molecule has 1 rings (SSSR count). The molecule has 1 aliphatic rings. The summed E-state index contributed by atoms with van der Waals surface area (Å²) in [6, 6.07) is 0. The molecule has 90 valence electrons. The molecule has 0 aromatic carbocycles. The molecule has 1 heterocycles. The molecule has 1 fully saturated rings. The maximum absolute atomic E-state index is 4.21. The molecule has 0 spiro atoms. The molecule has 1 nitrogen and oxygen atoms in total. The number of rotatable bonds is 3. The first-order valence-corrected chi connectivity index (χ1v) is 6.53. The zero-order valence-electron chi connectivity index (χ0n) is 10.4. The molecule has 0 radical (unpaired) electrons. The molecule has 3 heteroatoms. The van der Waals surface area contributed by atoms with Crippen molar-refractivity contribution in [2.45, 2.75) is 44.4 Å². The Kier molecular flexibility index (Phi) is 7.20. The van der Waals surface area contributed by atoms with Gasteiger partial charge >= 0.3 is 0 Å². The Morgan fingerprint density at radius 3 is 1.86 bits per heavy atom. The maximum Gasteiger partial charge on any atom is 0.178 e. The van der Waals surface area contributed by atoms with Crippen molar-refractivity contribution in [2.75, 3.05) is 19.9 Å². The molecule has 0 aliphatic carbocycles. The van der Waals surface area contributed by atoms with Crippen LogP contribution in [0.15, 0.2) is 0 Å². The number of hydrogen-bond acceptors (Lipinski definition) is 0. The summed E-state index contributed by atoms with van der Waals surface area (Å²) in [7, 11) is 1.77. The van der Waals surface area contributed by atoms with Gasteiger partial charge in [-0.2, -0.15) is 0 Å². The minimum atomic E-state index is -0.157. The van der Waals surface area contributed by atoms with Crippen LogP contribution >= 0.6 is 7.92 Å². The van der Waals surface area contributed by atoms with E-state index in [9.17, 15) is 0 Å². The van der Waals surface area contributed by atoms with Gasteiger partial charge in [0.2, 0.25) is 0 Å². The second-order valence-corrected chi connectivity index (χ2v) is 9.38. The fraction of sp³-hybridized carbons (Fsp3) is 0.909. The fourth-order valence-electron chi connectivity index (χ4n) is 3.03. The van der Waals surface area contributed by atoms with Gasteiger partial charge in [-0.1, -0.05) is 0 Å². The van der Waals surface area contributed by atoms with Gasteiger partial charge in [0, 0.05) is 30.8 Å². The van der Waals surface area contributed by atoms with Crippen LogP contribution in [-0.2, 0) is 16.5 Å². The minimum Gasteiger partial charge on any atom is -0.433 e. The molecule has 0 aromatic heterocycles. The Hall–Kier alpha value is 0.884. The van der Waals surface area contributed by atoms with E-state index in [-0.39, 0.29) is 31.8 Å². The molecular weight excluding hydrogens is 238 g/mol. The first-order chi connectivity index (χ1) is 5.40. The fourth-order valence-corrected chi connectivity index (χ4v) is 7.67. The summed E-state index contributed by atoms with van der Waals surface area (Å²) in [6.07, 6.45) is 2.79. The standard InChI is InChI=1S/C10H21OP.CH3.Ni/c1-9(2)8-10(3,4)12(9)7-6-11-5;;/h6-8H2,1-5H3;1H3;/q;-1;/p+2. The van der Waals surface area contributed by atoms with Gasteiger partial charge in [0.25, 0.3) is 0 Å². The molecule has 1 N–H and O–H groups in total. The van der Waals surface area contributed by atoms with E-state index in [2.05, 4.69) is 32.4 Å². The van der Waals surface area contributed by atoms with Crippen molar-refractivity contribution in [3.8, 4) is 0 Å². The predicted octanol–water partition coefficient (Wildman–Crippen LogP) is 2.77. The van der Waals surface area contributed by atoms with Crippen molar-refractivity contribution in [3.05, 3.63) is 7.43 Å². The third-order valence-electron chi connectivity index (χ3n) is 3.10. The Morgan fingerprint density at radius 2 is 1.57 bits per heavy atom. The third-order valence-corrected chi connectivity index (χ3v) is 7.45. The Balaban J connectivity index is 0. The summed E-state index contributed by atoms with van der Waals surface area (Å²) in [5.41, 5.74) is 0. The van der Waals surface area contributed by atoms with E-state index in [0.717, 1.165) is 6.61 Å². The van der Waals surface area contributed by atoms with Gasteiger partial charge in [-0.25, -0.2) is 0 Å². The summed E-state index contributed by atoms with van der Waals surface area (Å²) in [6.45, 7) is 10.8. The van der Waals surface area contributed by atoms with Crippen LogP contribution in [0.3, 0.4) is 0 Å². The summed E-state index contributed by atoms with van der Waals surface area (Å²) >= 11 is 0. The first-order valence-electron chi connectivity index (χ1n) is 4.82. The minimum absolute atomic E-state index is 0. The second-order valence-electron chi connectivity index (χ2n) is 5.21. The normalized spacial score (nSPS) is 22.9. The Labute approximate surface area is 101 Å². The molecule has 0 amide bonds. The van der Waals surface area contributed by atoms with E-state index >= 15 is 0 Å². The molecule has 14 heavy (non-hydrogen) atoms. The van der Waals surface area contributed by atoms with Gasteiger partial charge in [0.15, 0.2) is 6.61 Å². The van der Waals surface area contributed by atoms with Crippen molar-refractivity contribution in [1.82, 2.24) is 0 Å². The van der Waals surface area contributed by atoms with E-state index in [1.807, 2.05) is 7.11 Å². The van der Waals surface area contributed by atoms with Crippen LogP contribution in [0, 0.1) is 7.43 Å². The predicted molar refractivity (Wildman–Crippen MR) is 65.4 cm³/mol. The van der Waals surface area contributed by atoms with Crippen molar-refractivity contribution >= 4 is 7.92 Å². The van der Waals surface area contributed by atoms with Crippen LogP contribution in [0.4, 0.5) is 0 Å². The molecule has 0 atom stereocenters. The van der Waals surface area contributed by atoms with Crippen molar-refractivity contribution in [1.29, 1.82) is 0 Å². The summed E-state index contributed by atoms with van der Waals surface area (Å²) in [4.78, 5) is 0. The third kappa shape index (κ3) is 3.47. The monoisotopic (exact) mass is 263 g/mol. The smallest absolute Gasteiger partial charge is 0.178 e. The largest absolute Gasteiger partial charge is 0.433 e. The average Bonchev–Trinajstić information content (AvgIpc) is 1.84. The van der Waals surface area contributed by atoms with Crippen molar-refractivity contribution < 1.29 is 21.2 Å². The zero-order chi connectivity index (χ0) is 9.41. The SMILES string of the molecule is C[OH+]CC[PH+]1C(C)(C)CC1(C)C.[CH3-].[Ni]. The van der Waals surface area contributed by atoms with Gasteiger partial charge in [-0.3, -0.25) is 0 Å². The molecular formula is C11H26NiOP+. The van der Waals surface area contributed by atoms with Crippen LogP contribution in [0.25, 0.3) is 0 Å². The summed E-state index contributed by atoms with van der Waals surface area (Å²) in [5.74, 6) is 0. The molecule has 1 saturated heterocycles. The number of hydrogen-bond donors (Lipinski definition) is 0. The molecule has 0 saturated carbocycles. The number of aliphatic hydroxyl groups is 2. The van der Waals surface area contributed by atoms with Gasteiger partial charge in [-0.15, -0.1) is 0 Å². The van der Waals surface area contributed by atoms with Gasteiger partial charge < -0.3 is 12.2 Å². The molecule has 0 aromatic rings. The van der Waals surface area contributed by atoms with Gasteiger partial charge in [0.1, 0.15) is 13.3 Å². The second kappa shape index (κ2) is 5.83. The van der Waals surface area contributed by atoms with Gasteiger partial charge in [0.05, 0.1) is 10.3 Å². The summed E-state index contributed by atoms with van der Waals surface area (Å²) in [5, 5.41) is 1.33. The summed E-state index contributed by atoms with van der Waals surface area (Å²) < 4.78 is 4.21. The first kappa shape index (κ1) is 17.3. The Bertz CT molecular complexity index is 155. The van der Waals surface area contributed by atoms with Crippen LogP contribution in [0.5, 0.6) is 0 Å². The average molecular weight is 264 g/mol. The molecule has 0 bridgehead atoms. The number of ether oxygens (including phenoxy) is 1. The Morgan fingerprint density at radius 1 is 1.14 bits per heavy atom. The van der Waals surface area contributed by atoms with E-state index in [0.29, 0.717) is 10.3 Å². The van der Waals surface area contributed by atoms with E-state index in [1.165, 1.54) is 12.6 Å². The maximum atomic E-state index is 4.21. The van der Waals surface area contributed by atoms with E-state index < -0.39 is 0 Å². The zero-order valence-corrected chi connectivity index (χ0v) is 12.4. The van der Waals surface area contributed by atoms with Crippen LogP contribution < -0.4 is 0 Å². The van der Waals surface area contributed by atoms with Crippen LogP contribution in [0.2, 0.25) is 0 Å². The van der Waals surface area contributed by atoms with E-state index in [4.69, 9.17) is 0 Å². The van der Waals surface area contributed by atoms with Crippen molar-refractivity contribution in [2.24, 2.45) is 0 Å². The molecule has 0 unspecified atom stereocenters. The van der Waals surface area contributed by atoms with Crippen LogP contribution in [0.1, 0.15) is 34.1 Å². The van der Waals surface area contributed by atoms with E-state index in [1.54, 1.807) is 0 Å². The molecule has 1 aliphatic heterocycles. The van der Waals surface area contributed by atoms with Gasteiger partial charge in [-0.05, 0) is 27.7 Å². The topological polar surface area (TPSA) is 12.8 Å². The van der Waals surface area contributed by atoms with Crippen molar-refractivity contribution in [3.63, 3.8) is 0 Å². The quantitative estimate of drug-likeness (QED) is 0.322.